The molecule has 1 amide bonds. The second-order valence-corrected chi connectivity index (χ2v) is 9.33. The minimum atomic E-state index is -3.58. The third kappa shape index (κ3) is 4.78. The minimum Gasteiger partial charge on any atom is -0.496 e. The summed E-state index contributed by atoms with van der Waals surface area (Å²) in [5, 5.41) is 3.36. The SMILES string of the molecule is COc1ccc(S(=O)(=O)C[C@H]2CCOC2)cc1C(=O)Nc1cc(Cl)ccc1Cl. The summed E-state index contributed by atoms with van der Waals surface area (Å²) in [4.78, 5) is 12.8. The van der Waals surface area contributed by atoms with Crippen molar-refractivity contribution >= 4 is 44.6 Å². The summed E-state index contributed by atoms with van der Waals surface area (Å²) in [6.07, 6.45) is 0.704. The van der Waals surface area contributed by atoms with Crippen LogP contribution in [-0.4, -0.2) is 40.4 Å². The third-order valence-electron chi connectivity index (χ3n) is 4.43. The van der Waals surface area contributed by atoms with Gasteiger partial charge in [-0.1, -0.05) is 23.2 Å². The van der Waals surface area contributed by atoms with Crippen LogP contribution in [0.15, 0.2) is 41.3 Å². The van der Waals surface area contributed by atoms with E-state index in [4.69, 9.17) is 32.7 Å². The van der Waals surface area contributed by atoms with Gasteiger partial charge >= 0.3 is 0 Å². The summed E-state index contributed by atoms with van der Waals surface area (Å²) in [5.74, 6) is -0.378. The molecule has 1 atom stereocenters. The molecule has 1 aliphatic rings. The standard InChI is InChI=1S/C19H19Cl2NO5S/c1-26-18-5-3-14(28(24,25)11-12-6-7-27-10-12)9-15(18)19(23)22-17-8-13(20)2-4-16(17)21/h2-5,8-9,12H,6-7,10-11H2,1H3,(H,22,23)/t12-/m0/s1. The van der Waals surface area contributed by atoms with Gasteiger partial charge in [0.15, 0.2) is 9.84 Å². The number of carbonyl (C=O) groups excluding carboxylic acids is 1. The number of methoxy groups -OCH3 is 1. The summed E-state index contributed by atoms with van der Waals surface area (Å²) in [6, 6.07) is 8.88. The lowest BCUT2D eigenvalue weighted by molar-refractivity contribution is 0.102. The molecule has 0 aliphatic carbocycles. The first-order valence-electron chi connectivity index (χ1n) is 8.55. The van der Waals surface area contributed by atoms with Gasteiger partial charge in [0.05, 0.1) is 40.6 Å². The molecule has 2 aromatic rings. The fourth-order valence-electron chi connectivity index (χ4n) is 2.96. The van der Waals surface area contributed by atoms with Crippen molar-refractivity contribution in [2.45, 2.75) is 11.3 Å². The van der Waals surface area contributed by atoms with Crippen LogP contribution < -0.4 is 10.1 Å². The van der Waals surface area contributed by atoms with Gasteiger partial charge < -0.3 is 14.8 Å². The molecule has 1 heterocycles. The molecular formula is C19H19Cl2NO5S. The molecule has 6 nitrogen and oxygen atoms in total. The Morgan fingerprint density at radius 3 is 2.71 bits per heavy atom. The second kappa shape index (κ2) is 8.69. The number of benzene rings is 2. The smallest absolute Gasteiger partial charge is 0.259 e. The highest BCUT2D eigenvalue weighted by Crippen LogP contribution is 2.29. The van der Waals surface area contributed by atoms with E-state index in [2.05, 4.69) is 5.32 Å². The lowest BCUT2D eigenvalue weighted by Gasteiger charge is -2.14. The fourth-order valence-corrected chi connectivity index (χ4v) is 4.95. The molecule has 1 fully saturated rings. The largest absolute Gasteiger partial charge is 0.496 e. The van der Waals surface area contributed by atoms with Crippen LogP contribution in [0, 0.1) is 5.92 Å². The van der Waals surface area contributed by atoms with Crippen LogP contribution in [0.4, 0.5) is 5.69 Å². The predicted molar refractivity (Wildman–Crippen MR) is 108 cm³/mol. The highest BCUT2D eigenvalue weighted by molar-refractivity contribution is 7.91. The monoisotopic (exact) mass is 443 g/mol. The van der Waals surface area contributed by atoms with Crippen molar-refractivity contribution in [1.29, 1.82) is 0 Å². The first-order valence-corrected chi connectivity index (χ1v) is 11.0. The number of sulfone groups is 1. The summed E-state index contributed by atoms with van der Waals surface area (Å²) >= 11 is 12.0. The molecular weight excluding hydrogens is 425 g/mol. The minimum absolute atomic E-state index is 0.0273. The molecule has 1 N–H and O–H groups in total. The first kappa shape index (κ1) is 20.9. The molecule has 0 bridgehead atoms. The number of halogens is 2. The van der Waals surface area contributed by atoms with Crippen LogP contribution in [0.2, 0.25) is 10.0 Å². The van der Waals surface area contributed by atoms with Gasteiger partial charge in [-0.05, 0) is 48.7 Å². The molecule has 1 saturated heterocycles. The lowest BCUT2D eigenvalue weighted by Crippen LogP contribution is -2.18. The molecule has 28 heavy (non-hydrogen) atoms. The number of hydrogen-bond acceptors (Lipinski definition) is 5. The van der Waals surface area contributed by atoms with Crippen LogP contribution in [-0.2, 0) is 14.6 Å². The van der Waals surface area contributed by atoms with Crippen molar-refractivity contribution in [3.05, 3.63) is 52.0 Å². The van der Waals surface area contributed by atoms with Gasteiger partial charge in [-0.15, -0.1) is 0 Å². The summed E-state index contributed by atoms with van der Waals surface area (Å²) in [7, 11) is -2.17. The van der Waals surface area contributed by atoms with E-state index in [0.717, 1.165) is 0 Å². The van der Waals surface area contributed by atoms with E-state index in [1.807, 2.05) is 0 Å². The number of anilines is 1. The normalized spacial score (nSPS) is 16.8. The Kier molecular flexibility index (Phi) is 6.50. The molecule has 0 aromatic heterocycles. The number of carbonyl (C=O) groups is 1. The maximum atomic E-state index is 12.8. The number of rotatable bonds is 6. The van der Waals surface area contributed by atoms with E-state index >= 15 is 0 Å². The lowest BCUT2D eigenvalue weighted by atomic mass is 10.1. The van der Waals surface area contributed by atoms with Crippen LogP contribution >= 0.6 is 23.2 Å². The van der Waals surface area contributed by atoms with Crippen molar-refractivity contribution in [3.63, 3.8) is 0 Å². The van der Waals surface area contributed by atoms with Gasteiger partial charge in [-0.25, -0.2) is 8.42 Å². The Labute approximate surface area is 173 Å². The Balaban J connectivity index is 1.90. The molecule has 0 saturated carbocycles. The molecule has 0 unspecified atom stereocenters. The van der Waals surface area contributed by atoms with Crippen LogP contribution in [0.5, 0.6) is 5.75 Å². The zero-order valence-corrected chi connectivity index (χ0v) is 17.4. The zero-order valence-electron chi connectivity index (χ0n) is 15.1. The van der Waals surface area contributed by atoms with Gasteiger partial charge in [0, 0.05) is 11.6 Å². The van der Waals surface area contributed by atoms with E-state index in [-0.39, 0.29) is 27.9 Å². The Hall–Kier alpha value is -1.80. The number of hydrogen-bond donors (Lipinski definition) is 1. The van der Waals surface area contributed by atoms with Crippen LogP contribution in [0.25, 0.3) is 0 Å². The van der Waals surface area contributed by atoms with Crippen molar-refractivity contribution in [3.8, 4) is 5.75 Å². The fraction of sp³-hybridized carbons (Fsp3) is 0.316. The van der Waals surface area contributed by atoms with Gasteiger partial charge in [0.2, 0.25) is 0 Å². The average Bonchev–Trinajstić information content (AvgIpc) is 3.16. The second-order valence-electron chi connectivity index (χ2n) is 6.45. The van der Waals surface area contributed by atoms with E-state index in [1.165, 1.54) is 31.4 Å². The van der Waals surface area contributed by atoms with Gasteiger partial charge in [-0.3, -0.25) is 4.79 Å². The van der Waals surface area contributed by atoms with Crippen molar-refractivity contribution < 1.29 is 22.7 Å². The van der Waals surface area contributed by atoms with Crippen molar-refractivity contribution in [1.82, 2.24) is 0 Å². The molecule has 9 heteroatoms. The number of ether oxygens (including phenoxy) is 2. The molecule has 0 radical (unpaired) electrons. The summed E-state index contributed by atoms with van der Waals surface area (Å²) in [6.45, 7) is 0.993. The van der Waals surface area contributed by atoms with Gasteiger partial charge in [-0.2, -0.15) is 0 Å². The maximum Gasteiger partial charge on any atom is 0.259 e. The molecule has 2 aromatic carbocycles. The average molecular weight is 444 g/mol. The molecule has 1 aliphatic heterocycles. The Morgan fingerprint density at radius 1 is 1.25 bits per heavy atom. The van der Waals surface area contributed by atoms with E-state index in [0.29, 0.717) is 35.4 Å². The van der Waals surface area contributed by atoms with Gasteiger partial charge in [0.25, 0.3) is 5.91 Å². The highest BCUT2D eigenvalue weighted by atomic mass is 35.5. The Bertz CT molecular complexity index is 988. The Morgan fingerprint density at radius 2 is 2.04 bits per heavy atom. The van der Waals surface area contributed by atoms with E-state index in [1.54, 1.807) is 12.1 Å². The summed E-state index contributed by atoms with van der Waals surface area (Å²) in [5.41, 5.74) is 0.403. The predicted octanol–water partition coefficient (Wildman–Crippen LogP) is 4.06. The van der Waals surface area contributed by atoms with E-state index in [9.17, 15) is 13.2 Å². The number of nitrogens with one attached hydrogen (secondary N) is 1. The quantitative estimate of drug-likeness (QED) is 0.727. The summed E-state index contributed by atoms with van der Waals surface area (Å²) < 4.78 is 36.0. The maximum absolute atomic E-state index is 12.8. The van der Waals surface area contributed by atoms with Crippen LogP contribution in [0.3, 0.4) is 0 Å². The zero-order chi connectivity index (χ0) is 20.3. The van der Waals surface area contributed by atoms with E-state index < -0.39 is 15.7 Å². The topological polar surface area (TPSA) is 81.7 Å². The van der Waals surface area contributed by atoms with Crippen LogP contribution in [0.1, 0.15) is 16.8 Å². The van der Waals surface area contributed by atoms with Crippen molar-refractivity contribution in [2.24, 2.45) is 5.92 Å². The molecule has 0 spiro atoms. The molecule has 150 valence electrons. The first-order chi connectivity index (χ1) is 13.3. The third-order valence-corrected chi connectivity index (χ3v) is 6.88. The number of amides is 1. The molecule has 3 rings (SSSR count). The highest BCUT2D eigenvalue weighted by Gasteiger charge is 2.26. The van der Waals surface area contributed by atoms with Crippen molar-refractivity contribution in [2.75, 3.05) is 31.4 Å². The van der Waals surface area contributed by atoms with Gasteiger partial charge in [0.1, 0.15) is 5.75 Å².